The molecule has 0 heterocycles. The fraction of sp³-hybridized carbons (Fsp3) is 0.222. The molecule has 2 aliphatic rings. The third-order valence-electron chi connectivity index (χ3n) is 5.39. The Morgan fingerprint density at radius 3 is 1.62 bits per heavy atom. The fourth-order valence-corrected chi connectivity index (χ4v) is 16.4. The van der Waals surface area contributed by atoms with Gasteiger partial charge in [-0.05, 0) is 0 Å². The van der Waals surface area contributed by atoms with E-state index in [0.29, 0.717) is 12.8 Å². The molecule has 2 aliphatic carbocycles. The van der Waals surface area contributed by atoms with Crippen molar-refractivity contribution in [1.29, 1.82) is 0 Å². The molecule has 0 bridgehead atoms. The number of carbonyl (C=O) groups excluding carboxylic acids is 2. The van der Waals surface area contributed by atoms with Crippen LogP contribution in [-0.2, 0) is 28.5 Å². The van der Waals surface area contributed by atoms with Gasteiger partial charge in [-0.3, -0.25) is 0 Å². The number of terminal acetylenes is 2. The van der Waals surface area contributed by atoms with Crippen molar-refractivity contribution in [1.82, 2.24) is 0 Å². The van der Waals surface area contributed by atoms with Gasteiger partial charge in [0.05, 0.1) is 0 Å². The fourth-order valence-electron chi connectivity index (χ4n) is 3.70. The normalized spacial score (nSPS) is 20.2. The van der Waals surface area contributed by atoms with Crippen LogP contribution >= 0.6 is 0 Å². The summed E-state index contributed by atoms with van der Waals surface area (Å²) in [5.74, 6) is 2.21. The molecule has 24 heavy (non-hydrogen) atoms. The first kappa shape index (κ1) is 18.3. The Bertz CT molecular complexity index is 921. The van der Waals surface area contributed by atoms with E-state index in [1.807, 2.05) is 48.3 Å². The average Bonchev–Trinajstić information content (AvgIpc) is 3.20. The minimum absolute atomic E-state index is 0.486. The molecule has 0 aromatic heterocycles. The molecule has 0 spiro atoms. The second kappa shape index (κ2) is 4.52. The quantitative estimate of drug-likeness (QED) is 0.558. The van der Waals surface area contributed by atoms with Crippen molar-refractivity contribution in [3.05, 3.63) is 44.2 Å². The van der Waals surface area contributed by atoms with Gasteiger partial charge in [-0.25, -0.2) is 0 Å². The molecule has 0 N–H and O–H groups in total. The van der Waals surface area contributed by atoms with Crippen molar-refractivity contribution in [2.45, 2.75) is 23.3 Å². The van der Waals surface area contributed by atoms with Gasteiger partial charge in [-0.2, -0.15) is 0 Å². The van der Waals surface area contributed by atoms with Crippen LogP contribution in [-0.4, -0.2) is 19.6 Å². The second-order valence-corrected chi connectivity index (χ2v) is 35.1. The first-order chi connectivity index (χ1) is 10.9. The molecule has 6 heteroatoms. The summed E-state index contributed by atoms with van der Waals surface area (Å²) in [6, 6.07) is 0. The number of hydrogen-bond acceptors (Lipinski definition) is 4. The van der Waals surface area contributed by atoms with Crippen molar-refractivity contribution in [3.63, 3.8) is 0 Å². The third kappa shape index (κ3) is 2.29. The monoisotopic (exact) mass is 376 g/mol. The van der Waals surface area contributed by atoms with Gasteiger partial charge in [0.25, 0.3) is 0 Å². The second-order valence-electron chi connectivity index (χ2n) is 8.00. The molecule has 0 fully saturated rings. The van der Waals surface area contributed by atoms with Crippen LogP contribution in [0.3, 0.4) is 0 Å². The summed E-state index contributed by atoms with van der Waals surface area (Å²) in [5, 5.41) is 3.47. The van der Waals surface area contributed by atoms with E-state index in [1.54, 1.807) is 10.5 Å². The van der Waals surface area contributed by atoms with Crippen LogP contribution in [0, 0.1) is 24.7 Å². The zero-order valence-corrected chi connectivity index (χ0v) is 16.8. The van der Waals surface area contributed by atoms with Gasteiger partial charge < -0.3 is 0 Å². The predicted octanol–water partition coefficient (Wildman–Crippen LogP) is 2.26. The SMILES string of the molecule is C#CC(=O)[O][Ti]([CH3])([CH3])(=[SiH2])([O]C(=O)C#C)([C]1=CC=CC1)[C]1=CC=CC1. The molecule has 0 aliphatic heterocycles. The number of allylic oxidation sites excluding steroid dienone is 8. The minimum atomic E-state index is -6.07. The van der Waals surface area contributed by atoms with Crippen LogP contribution in [0.25, 0.3) is 0 Å². The maximum atomic E-state index is 12.3. The van der Waals surface area contributed by atoms with Crippen LogP contribution in [0.2, 0.25) is 10.5 Å². The van der Waals surface area contributed by atoms with Crippen LogP contribution in [0.15, 0.2) is 44.2 Å². The Labute approximate surface area is 140 Å². The summed E-state index contributed by atoms with van der Waals surface area (Å²) in [6.07, 6.45) is 22.7. The zero-order valence-electron chi connectivity index (χ0n) is 13.9. The van der Waals surface area contributed by atoms with E-state index in [4.69, 9.17) is 19.5 Å². The van der Waals surface area contributed by atoms with E-state index in [0.717, 1.165) is 7.76 Å². The van der Waals surface area contributed by atoms with Crippen molar-refractivity contribution in [2.24, 2.45) is 0 Å². The number of hydrogen-bond donors (Lipinski definition) is 0. The first-order valence-electron chi connectivity index (χ1n) is 7.59. The standard InChI is InChI=1S/2C5H5.2C3H2O2.2CH3.H2Si.Ti/c2*1-2-4-5-3-1;2*1-2-3(4)5;;;;/h2*1-3H,4H2;2*1H,(H,4,5);2*1H3;1H2;/q;;;;;;;+2/p-2. The Hall–Kier alpha value is -2.05. The van der Waals surface area contributed by atoms with Crippen LogP contribution < -0.4 is 0 Å². The molecule has 0 aromatic carbocycles. The number of rotatable bonds is 4. The molecular formula is C18H20O4SiTi. The molecular weight excluding hydrogens is 356 g/mol. The van der Waals surface area contributed by atoms with Crippen molar-refractivity contribution >= 4 is 19.6 Å². The van der Waals surface area contributed by atoms with E-state index in [2.05, 4.69) is 0 Å². The molecule has 0 unspecified atom stereocenters. The molecule has 0 atom stereocenters. The zero-order chi connectivity index (χ0) is 18.2. The van der Waals surface area contributed by atoms with Gasteiger partial charge in [0.1, 0.15) is 0 Å². The molecule has 0 radical (unpaired) electrons. The topological polar surface area (TPSA) is 52.6 Å². The van der Waals surface area contributed by atoms with Crippen molar-refractivity contribution in [3.8, 4) is 24.7 Å². The van der Waals surface area contributed by atoms with Crippen molar-refractivity contribution in [2.75, 3.05) is 0 Å². The predicted molar refractivity (Wildman–Crippen MR) is 93.8 cm³/mol. The summed E-state index contributed by atoms with van der Waals surface area (Å²) < 4.78 is 13.6. The van der Waals surface area contributed by atoms with Gasteiger partial charge >= 0.3 is 140 Å². The average molecular weight is 376 g/mol. The first-order valence-corrected chi connectivity index (χ1v) is 17.6. The van der Waals surface area contributed by atoms with Gasteiger partial charge in [-0.1, -0.05) is 0 Å². The third-order valence-corrected chi connectivity index (χ3v) is 22.8. The number of carbonyl (C=O) groups is 2. The Balaban J connectivity index is 2.99. The van der Waals surface area contributed by atoms with Gasteiger partial charge in [0, 0.05) is 0 Å². The van der Waals surface area contributed by atoms with Crippen molar-refractivity contribution < 1.29 is 28.5 Å². The molecule has 0 aromatic rings. The van der Waals surface area contributed by atoms with Crippen LogP contribution in [0.5, 0.6) is 0 Å². The van der Waals surface area contributed by atoms with Gasteiger partial charge in [-0.15, -0.1) is 0 Å². The van der Waals surface area contributed by atoms with E-state index in [1.165, 1.54) is 7.63 Å². The van der Waals surface area contributed by atoms with E-state index < -0.39 is 24.2 Å². The summed E-state index contributed by atoms with van der Waals surface area (Å²) >= 11 is -6.07. The molecule has 4 nitrogen and oxygen atoms in total. The molecule has 124 valence electrons. The van der Waals surface area contributed by atoms with Gasteiger partial charge in [0.15, 0.2) is 0 Å². The molecule has 0 saturated heterocycles. The van der Waals surface area contributed by atoms with Crippen LogP contribution in [0.4, 0.5) is 0 Å². The van der Waals surface area contributed by atoms with E-state index >= 15 is 0 Å². The Morgan fingerprint density at radius 1 is 1.00 bits per heavy atom. The Kier molecular flexibility index (Phi) is 3.45. The molecule has 2 rings (SSSR count). The van der Waals surface area contributed by atoms with E-state index in [9.17, 15) is 9.59 Å². The summed E-state index contributed by atoms with van der Waals surface area (Å²) in [6.45, 7) is 0. The Morgan fingerprint density at radius 2 is 1.38 bits per heavy atom. The van der Waals surface area contributed by atoms with E-state index in [-0.39, 0.29) is 0 Å². The molecule has 0 saturated carbocycles. The summed E-state index contributed by atoms with van der Waals surface area (Å²) in [5.41, 5.74) is 0. The van der Waals surface area contributed by atoms with Gasteiger partial charge in [0.2, 0.25) is 0 Å². The maximum absolute atomic E-state index is 12.3. The summed E-state index contributed by atoms with van der Waals surface area (Å²) in [4.78, 5) is 24.6. The summed E-state index contributed by atoms with van der Waals surface area (Å²) in [7, 11) is 1.43. The molecule has 0 amide bonds. The van der Waals surface area contributed by atoms with Crippen LogP contribution in [0.1, 0.15) is 12.8 Å².